The SMILES string of the molecule is O=c1[nH+]c2c(n3cccc13)=CC=CC2. The van der Waals surface area contributed by atoms with E-state index in [-0.39, 0.29) is 5.56 Å². The molecule has 0 fully saturated rings. The van der Waals surface area contributed by atoms with Crippen LogP contribution in [-0.2, 0) is 6.42 Å². The van der Waals surface area contributed by atoms with Gasteiger partial charge >= 0.3 is 5.56 Å². The predicted octanol–water partition coefficient (Wildman–Crippen LogP) is -0.275. The summed E-state index contributed by atoms with van der Waals surface area (Å²) < 4.78 is 1.93. The number of hydrogen-bond donors (Lipinski definition) is 0. The van der Waals surface area contributed by atoms with Gasteiger partial charge in [-0.25, -0.2) is 4.79 Å². The lowest BCUT2D eigenvalue weighted by Crippen LogP contribution is -2.41. The number of nitrogens with one attached hydrogen (secondary N) is 1. The van der Waals surface area contributed by atoms with Crippen LogP contribution in [0.1, 0.15) is 5.69 Å². The van der Waals surface area contributed by atoms with Gasteiger partial charge in [0.15, 0.2) is 5.52 Å². The zero-order chi connectivity index (χ0) is 9.54. The van der Waals surface area contributed by atoms with Crippen LogP contribution in [-0.4, -0.2) is 4.40 Å². The standard InChI is InChI=1S/C11H8N2O/c14-11-10-6-3-7-13(10)9-5-2-1-4-8(9)12-11/h1-3,5-7H,4H2/p+1. The van der Waals surface area contributed by atoms with E-state index < -0.39 is 0 Å². The average molecular weight is 185 g/mol. The van der Waals surface area contributed by atoms with Crippen molar-refractivity contribution in [2.75, 3.05) is 0 Å². The molecule has 0 amide bonds. The molecule has 0 saturated heterocycles. The van der Waals surface area contributed by atoms with Gasteiger partial charge in [0, 0.05) is 6.20 Å². The molecule has 1 N–H and O–H groups in total. The molecule has 0 spiro atoms. The van der Waals surface area contributed by atoms with Crippen LogP contribution in [0.5, 0.6) is 0 Å². The third-order valence-corrected chi connectivity index (χ3v) is 2.53. The van der Waals surface area contributed by atoms with Crippen molar-refractivity contribution in [2.45, 2.75) is 6.42 Å². The van der Waals surface area contributed by atoms with Crippen LogP contribution >= 0.6 is 0 Å². The first kappa shape index (κ1) is 7.50. The van der Waals surface area contributed by atoms with Gasteiger partial charge in [-0.2, -0.15) is 4.98 Å². The van der Waals surface area contributed by atoms with Crippen LogP contribution in [0.15, 0.2) is 35.3 Å². The number of nitrogens with zero attached hydrogens (tertiary/aromatic N) is 1. The maximum absolute atomic E-state index is 11.6. The summed E-state index contributed by atoms with van der Waals surface area (Å²) in [5, 5.41) is 1.08. The first-order chi connectivity index (χ1) is 6.86. The lowest BCUT2D eigenvalue weighted by molar-refractivity contribution is -0.407. The second kappa shape index (κ2) is 2.54. The highest BCUT2D eigenvalue weighted by Gasteiger charge is 2.12. The van der Waals surface area contributed by atoms with Crippen molar-refractivity contribution in [3.8, 4) is 0 Å². The fourth-order valence-corrected chi connectivity index (χ4v) is 1.87. The highest BCUT2D eigenvalue weighted by molar-refractivity contribution is 5.48. The Morgan fingerprint density at radius 3 is 3.29 bits per heavy atom. The highest BCUT2D eigenvalue weighted by Crippen LogP contribution is 1.97. The molecule has 3 heteroatoms. The first-order valence-electron chi connectivity index (χ1n) is 4.58. The molecule has 2 heterocycles. The van der Waals surface area contributed by atoms with Crippen molar-refractivity contribution in [3.05, 3.63) is 51.9 Å². The summed E-state index contributed by atoms with van der Waals surface area (Å²) >= 11 is 0. The molecular formula is C11H9N2O+. The normalized spacial score (nSPS) is 14.0. The summed E-state index contributed by atoms with van der Waals surface area (Å²) in [5.74, 6) is 0. The summed E-state index contributed by atoms with van der Waals surface area (Å²) in [4.78, 5) is 14.5. The lowest BCUT2D eigenvalue weighted by Gasteiger charge is -1.99. The highest BCUT2D eigenvalue weighted by atomic mass is 16.1. The largest absolute Gasteiger partial charge is 0.434 e. The molecule has 0 unspecified atom stereocenters. The number of hydrogen-bond acceptors (Lipinski definition) is 1. The number of fused-ring (bicyclic) bond motifs is 3. The summed E-state index contributed by atoms with van der Waals surface area (Å²) in [6.45, 7) is 0. The van der Waals surface area contributed by atoms with E-state index in [0.29, 0.717) is 5.52 Å². The van der Waals surface area contributed by atoms with E-state index >= 15 is 0 Å². The molecule has 14 heavy (non-hydrogen) atoms. The van der Waals surface area contributed by atoms with Crippen molar-refractivity contribution in [1.82, 2.24) is 4.40 Å². The number of aromatic nitrogens is 2. The Kier molecular flexibility index (Phi) is 1.36. The third-order valence-electron chi connectivity index (χ3n) is 2.53. The number of rotatable bonds is 0. The smallest absolute Gasteiger partial charge is 0.303 e. The molecule has 68 valence electrons. The van der Waals surface area contributed by atoms with E-state index in [1.165, 1.54) is 0 Å². The van der Waals surface area contributed by atoms with Gasteiger partial charge in [-0.15, -0.1) is 0 Å². The summed E-state index contributed by atoms with van der Waals surface area (Å²) in [6.07, 6.45) is 8.78. The molecular weight excluding hydrogens is 176 g/mol. The predicted molar refractivity (Wildman–Crippen MR) is 52.7 cm³/mol. The van der Waals surface area contributed by atoms with Crippen LogP contribution in [0.4, 0.5) is 0 Å². The first-order valence-corrected chi connectivity index (χ1v) is 4.58. The van der Waals surface area contributed by atoms with Crippen LogP contribution in [0, 0.1) is 0 Å². The van der Waals surface area contributed by atoms with Crippen molar-refractivity contribution in [3.63, 3.8) is 0 Å². The van der Waals surface area contributed by atoms with Crippen LogP contribution in [0.2, 0.25) is 0 Å². The van der Waals surface area contributed by atoms with Gasteiger partial charge in [-0.1, -0.05) is 12.2 Å². The van der Waals surface area contributed by atoms with Crippen molar-refractivity contribution >= 4 is 11.6 Å². The minimum absolute atomic E-state index is 0.0162. The van der Waals surface area contributed by atoms with Crippen LogP contribution in [0.25, 0.3) is 11.6 Å². The van der Waals surface area contributed by atoms with E-state index in [1.54, 1.807) is 0 Å². The van der Waals surface area contributed by atoms with Gasteiger partial charge in [0.1, 0.15) is 5.35 Å². The Morgan fingerprint density at radius 1 is 1.43 bits per heavy atom. The van der Waals surface area contributed by atoms with Gasteiger partial charge in [-0.05, 0) is 18.2 Å². The molecule has 0 aromatic carbocycles. The molecule has 0 atom stereocenters. The van der Waals surface area contributed by atoms with Crippen LogP contribution in [0.3, 0.4) is 0 Å². The third kappa shape index (κ3) is 0.865. The fraction of sp³-hybridized carbons (Fsp3) is 0.0909. The van der Waals surface area contributed by atoms with Crippen molar-refractivity contribution in [1.29, 1.82) is 0 Å². The number of allylic oxidation sites excluding steroid dienone is 2. The summed E-state index contributed by atoms with van der Waals surface area (Å²) in [5.41, 5.74) is 1.67. The van der Waals surface area contributed by atoms with Gasteiger partial charge in [0.25, 0.3) is 0 Å². The molecule has 0 bridgehead atoms. The Balaban J connectivity index is 2.64. The molecule has 1 aliphatic rings. The van der Waals surface area contributed by atoms with E-state index in [4.69, 9.17) is 0 Å². The van der Waals surface area contributed by atoms with Crippen molar-refractivity contribution < 1.29 is 4.98 Å². The monoisotopic (exact) mass is 185 g/mol. The molecule has 2 aromatic rings. The second-order valence-electron chi connectivity index (χ2n) is 3.38. The average Bonchev–Trinajstić information content (AvgIpc) is 2.67. The number of H-pyrrole nitrogens is 1. The maximum Gasteiger partial charge on any atom is 0.434 e. The minimum Gasteiger partial charge on any atom is -0.303 e. The van der Waals surface area contributed by atoms with Gasteiger partial charge < -0.3 is 4.40 Å². The summed E-state index contributed by atoms with van der Waals surface area (Å²) in [7, 11) is 0. The van der Waals surface area contributed by atoms with E-state index in [1.807, 2.05) is 41.0 Å². The Bertz CT molecular complexity index is 637. The van der Waals surface area contributed by atoms with E-state index in [0.717, 1.165) is 17.5 Å². The second-order valence-corrected chi connectivity index (χ2v) is 3.38. The Hall–Kier alpha value is -1.90. The lowest BCUT2D eigenvalue weighted by atomic mass is 10.2. The maximum atomic E-state index is 11.6. The zero-order valence-electron chi connectivity index (χ0n) is 7.53. The molecule has 0 aliphatic heterocycles. The van der Waals surface area contributed by atoms with E-state index in [9.17, 15) is 4.79 Å². The van der Waals surface area contributed by atoms with Crippen LogP contribution < -0.4 is 15.9 Å². The fourth-order valence-electron chi connectivity index (χ4n) is 1.87. The molecule has 1 aliphatic carbocycles. The molecule has 0 saturated carbocycles. The zero-order valence-corrected chi connectivity index (χ0v) is 7.53. The van der Waals surface area contributed by atoms with Gasteiger partial charge in [0.2, 0.25) is 5.69 Å². The van der Waals surface area contributed by atoms with Gasteiger partial charge in [-0.3, -0.25) is 0 Å². The Labute approximate surface area is 80.0 Å². The Morgan fingerprint density at radius 2 is 2.36 bits per heavy atom. The van der Waals surface area contributed by atoms with Gasteiger partial charge in [0.05, 0.1) is 6.42 Å². The topological polar surface area (TPSA) is 35.6 Å². The van der Waals surface area contributed by atoms with E-state index in [2.05, 4.69) is 4.98 Å². The molecule has 3 rings (SSSR count). The number of aromatic amines is 1. The van der Waals surface area contributed by atoms with Crippen molar-refractivity contribution in [2.24, 2.45) is 0 Å². The summed E-state index contributed by atoms with van der Waals surface area (Å²) in [6, 6.07) is 3.71. The molecule has 2 aromatic heterocycles. The quantitative estimate of drug-likeness (QED) is 0.556. The molecule has 0 radical (unpaired) electrons. The minimum atomic E-state index is -0.0162. The molecule has 3 nitrogen and oxygen atoms in total.